The second-order valence-corrected chi connectivity index (χ2v) is 6.43. The molecule has 0 unspecified atom stereocenters. The Morgan fingerprint density at radius 2 is 1.86 bits per heavy atom. The highest BCUT2D eigenvalue weighted by Crippen LogP contribution is 2.31. The maximum Gasteiger partial charge on any atom is 0.0710 e. The molecule has 1 aliphatic heterocycles. The van der Waals surface area contributed by atoms with E-state index in [9.17, 15) is 0 Å². The third kappa shape index (κ3) is 3.60. The van der Waals surface area contributed by atoms with Gasteiger partial charge in [-0.3, -0.25) is 10.00 Å². The zero-order valence-corrected chi connectivity index (χ0v) is 13.4. The minimum Gasteiger partial charge on any atom is -0.299 e. The van der Waals surface area contributed by atoms with Crippen molar-refractivity contribution in [3.63, 3.8) is 0 Å². The van der Waals surface area contributed by atoms with Crippen LogP contribution < -0.4 is 0 Å². The monoisotopic (exact) mass is 323 g/mol. The molecule has 0 saturated carbocycles. The van der Waals surface area contributed by atoms with Crippen LogP contribution in [0.25, 0.3) is 11.3 Å². The van der Waals surface area contributed by atoms with Gasteiger partial charge >= 0.3 is 0 Å². The van der Waals surface area contributed by atoms with Crippen molar-refractivity contribution in [2.45, 2.75) is 32.2 Å². The number of benzene rings is 1. The predicted molar refractivity (Wildman–Crippen MR) is 87.8 cm³/mol. The van der Waals surface area contributed by atoms with Crippen LogP contribution in [0.4, 0.5) is 0 Å². The lowest BCUT2D eigenvalue weighted by atomic mass is 10.1. The number of H-pyrrole nitrogens is 1. The van der Waals surface area contributed by atoms with Gasteiger partial charge in [0, 0.05) is 22.7 Å². The van der Waals surface area contributed by atoms with Gasteiger partial charge in [-0.1, -0.05) is 36.0 Å². The summed E-state index contributed by atoms with van der Waals surface area (Å²) in [6.07, 6.45) is 7.17. The first-order valence-electron chi connectivity index (χ1n) is 7.44. The average Bonchev–Trinajstić information content (AvgIpc) is 2.74. The van der Waals surface area contributed by atoms with Crippen LogP contribution in [0.15, 0.2) is 24.4 Å². The number of likely N-dealkylation sites (tertiary alicyclic amines) is 1. The zero-order chi connectivity index (χ0) is 14.7. The molecule has 21 heavy (non-hydrogen) atoms. The molecule has 1 fully saturated rings. The smallest absolute Gasteiger partial charge is 0.0710 e. The maximum absolute atomic E-state index is 6.32. The summed E-state index contributed by atoms with van der Waals surface area (Å²) in [6.45, 7) is 3.25. The number of nitrogens with one attached hydrogen (secondary N) is 1. The van der Waals surface area contributed by atoms with Crippen molar-refractivity contribution in [3.05, 3.63) is 40.0 Å². The minimum absolute atomic E-state index is 0.650. The summed E-state index contributed by atoms with van der Waals surface area (Å²) in [4.78, 5) is 2.51. The van der Waals surface area contributed by atoms with E-state index in [4.69, 9.17) is 23.2 Å². The zero-order valence-electron chi connectivity index (χ0n) is 11.9. The lowest BCUT2D eigenvalue weighted by Crippen LogP contribution is -2.24. The van der Waals surface area contributed by atoms with Gasteiger partial charge in [0.1, 0.15) is 0 Å². The van der Waals surface area contributed by atoms with Crippen LogP contribution in [-0.2, 0) is 6.54 Å². The van der Waals surface area contributed by atoms with Crippen molar-refractivity contribution in [2.75, 3.05) is 13.1 Å². The highest BCUT2D eigenvalue weighted by atomic mass is 35.5. The van der Waals surface area contributed by atoms with Gasteiger partial charge in [0.15, 0.2) is 0 Å². The Bertz CT molecular complexity index is 601. The molecule has 112 valence electrons. The summed E-state index contributed by atoms with van der Waals surface area (Å²) in [6, 6.07) is 5.58. The molecule has 0 spiro atoms. The van der Waals surface area contributed by atoms with Crippen molar-refractivity contribution >= 4 is 23.2 Å². The lowest BCUT2D eigenvalue weighted by Gasteiger charge is -2.19. The van der Waals surface area contributed by atoms with Crippen LogP contribution in [0.3, 0.4) is 0 Å². The van der Waals surface area contributed by atoms with Gasteiger partial charge in [-0.05, 0) is 44.1 Å². The topological polar surface area (TPSA) is 31.9 Å². The normalized spacial score (nSPS) is 16.9. The summed E-state index contributed by atoms with van der Waals surface area (Å²) < 4.78 is 0. The number of rotatable bonds is 3. The molecule has 0 atom stereocenters. The van der Waals surface area contributed by atoms with Gasteiger partial charge in [0.2, 0.25) is 0 Å². The second kappa shape index (κ2) is 6.82. The minimum atomic E-state index is 0.650. The number of aromatic nitrogens is 2. The first-order valence-corrected chi connectivity index (χ1v) is 8.19. The molecule has 1 aliphatic rings. The lowest BCUT2D eigenvalue weighted by molar-refractivity contribution is 0.277. The second-order valence-electron chi connectivity index (χ2n) is 5.58. The predicted octanol–water partition coefficient (Wildman–Crippen LogP) is 4.76. The van der Waals surface area contributed by atoms with E-state index < -0.39 is 0 Å². The third-order valence-electron chi connectivity index (χ3n) is 4.01. The fourth-order valence-electron chi connectivity index (χ4n) is 2.89. The molecule has 3 rings (SSSR count). The van der Waals surface area contributed by atoms with E-state index in [0.29, 0.717) is 10.0 Å². The quantitative estimate of drug-likeness (QED) is 0.883. The van der Waals surface area contributed by atoms with Crippen molar-refractivity contribution in [1.82, 2.24) is 15.1 Å². The summed E-state index contributed by atoms with van der Waals surface area (Å²) in [5.41, 5.74) is 3.16. The number of aromatic amines is 1. The van der Waals surface area contributed by atoms with E-state index in [1.165, 1.54) is 44.3 Å². The van der Waals surface area contributed by atoms with Crippen molar-refractivity contribution in [3.8, 4) is 11.3 Å². The number of hydrogen-bond acceptors (Lipinski definition) is 2. The summed E-state index contributed by atoms with van der Waals surface area (Å²) >= 11 is 12.3. The maximum atomic E-state index is 6.32. The van der Waals surface area contributed by atoms with Gasteiger partial charge in [0.05, 0.1) is 16.9 Å². The molecule has 1 N–H and O–H groups in total. The molecule has 0 aliphatic carbocycles. The Morgan fingerprint density at radius 3 is 2.57 bits per heavy atom. The number of halogens is 2. The largest absolute Gasteiger partial charge is 0.299 e. The van der Waals surface area contributed by atoms with E-state index in [1.807, 2.05) is 18.3 Å². The van der Waals surface area contributed by atoms with Gasteiger partial charge in [0.25, 0.3) is 0 Å². The molecule has 1 saturated heterocycles. The Balaban J connectivity index is 1.83. The summed E-state index contributed by atoms with van der Waals surface area (Å²) in [5.74, 6) is 0. The highest BCUT2D eigenvalue weighted by Gasteiger charge is 2.15. The van der Waals surface area contributed by atoms with Crippen LogP contribution in [0, 0.1) is 0 Å². The third-order valence-corrected chi connectivity index (χ3v) is 4.56. The van der Waals surface area contributed by atoms with Gasteiger partial charge in [-0.25, -0.2) is 0 Å². The average molecular weight is 324 g/mol. The van der Waals surface area contributed by atoms with E-state index in [-0.39, 0.29) is 0 Å². The number of hydrogen-bond donors (Lipinski definition) is 1. The molecule has 2 heterocycles. The van der Waals surface area contributed by atoms with Crippen LogP contribution in [0.1, 0.15) is 31.2 Å². The Hall–Kier alpha value is -1.03. The molecule has 3 nitrogen and oxygen atoms in total. The van der Waals surface area contributed by atoms with Crippen molar-refractivity contribution in [1.29, 1.82) is 0 Å². The summed E-state index contributed by atoms with van der Waals surface area (Å²) in [5, 5.41) is 8.60. The van der Waals surface area contributed by atoms with E-state index >= 15 is 0 Å². The van der Waals surface area contributed by atoms with Crippen LogP contribution >= 0.6 is 23.2 Å². The molecule has 2 aromatic rings. The van der Waals surface area contributed by atoms with Crippen molar-refractivity contribution < 1.29 is 0 Å². The van der Waals surface area contributed by atoms with Gasteiger partial charge in [-0.2, -0.15) is 5.10 Å². The Labute approximate surface area is 135 Å². The Morgan fingerprint density at radius 1 is 1.10 bits per heavy atom. The first-order chi connectivity index (χ1) is 10.2. The molecule has 0 bridgehead atoms. The van der Waals surface area contributed by atoms with E-state index in [1.54, 1.807) is 6.07 Å². The van der Waals surface area contributed by atoms with Crippen LogP contribution in [0.2, 0.25) is 10.0 Å². The summed E-state index contributed by atoms with van der Waals surface area (Å²) in [7, 11) is 0. The van der Waals surface area contributed by atoms with Gasteiger partial charge < -0.3 is 0 Å². The van der Waals surface area contributed by atoms with E-state index in [0.717, 1.165) is 17.8 Å². The van der Waals surface area contributed by atoms with E-state index in [2.05, 4.69) is 15.1 Å². The molecular formula is C16H19Cl2N3. The highest BCUT2D eigenvalue weighted by molar-refractivity contribution is 6.36. The van der Waals surface area contributed by atoms with Crippen LogP contribution in [-0.4, -0.2) is 28.2 Å². The van der Waals surface area contributed by atoms with Gasteiger partial charge in [-0.15, -0.1) is 0 Å². The fraction of sp³-hybridized carbons (Fsp3) is 0.438. The molecule has 0 radical (unpaired) electrons. The standard InChI is InChI=1S/C16H19Cl2N3/c17-13-5-6-14(15(18)9-13)16-12(10-19-20-16)11-21-7-3-1-2-4-8-21/h5-6,9-10H,1-4,7-8,11H2,(H,19,20). The molecular weight excluding hydrogens is 305 g/mol. The SMILES string of the molecule is Clc1ccc(-c2[nH]ncc2CN2CCCCCC2)c(Cl)c1. The van der Waals surface area contributed by atoms with Crippen molar-refractivity contribution in [2.24, 2.45) is 0 Å². The van der Waals surface area contributed by atoms with Crippen LogP contribution in [0.5, 0.6) is 0 Å². The molecule has 0 amide bonds. The fourth-order valence-corrected chi connectivity index (χ4v) is 3.39. The molecule has 1 aromatic heterocycles. The first kappa shape index (κ1) is 14.9. The molecule has 1 aromatic carbocycles. The number of nitrogens with zero attached hydrogens (tertiary/aromatic N) is 2. The molecule has 5 heteroatoms. The Kier molecular flexibility index (Phi) is 4.84.